The SMILES string of the molecule is Cc1ccncc1CNc1cccc(NS(N)(=O)=O)c1. The lowest BCUT2D eigenvalue weighted by atomic mass is 10.1. The largest absolute Gasteiger partial charge is 0.381 e. The lowest BCUT2D eigenvalue weighted by Crippen LogP contribution is -2.21. The zero-order valence-electron chi connectivity index (χ0n) is 11.0. The molecule has 2 aromatic rings. The molecule has 0 atom stereocenters. The van der Waals surface area contributed by atoms with E-state index < -0.39 is 10.2 Å². The fraction of sp³-hybridized carbons (Fsp3) is 0.154. The second kappa shape index (κ2) is 5.89. The number of anilines is 2. The molecule has 0 saturated heterocycles. The predicted octanol–water partition coefficient (Wildman–Crippen LogP) is 1.62. The Morgan fingerprint density at radius 2 is 2.00 bits per heavy atom. The first-order valence-electron chi connectivity index (χ1n) is 5.98. The van der Waals surface area contributed by atoms with Crippen molar-refractivity contribution in [2.45, 2.75) is 13.5 Å². The van der Waals surface area contributed by atoms with Crippen molar-refractivity contribution in [1.82, 2.24) is 4.98 Å². The van der Waals surface area contributed by atoms with Gasteiger partial charge in [-0.3, -0.25) is 9.71 Å². The van der Waals surface area contributed by atoms with Crippen molar-refractivity contribution in [3.8, 4) is 0 Å². The lowest BCUT2D eigenvalue weighted by molar-refractivity contribution is 0.603. The number of hydrogen-bond donors (Lipinski definition) is 3. The fourth-order valence-electron chi connectivity index (χ4n) is 1.74. The Balaban J connectivity index is 2.07. The smallest absolute Gasteiger partial charge is 0.296 e. The molecule has 0 bridgehead atoms. The first-order chi connectivity index (χ1) is 9.44. The van der Waals surface area contributed by atoms with Crippen molar-refractivity contribution in [2.24, 2.45) is 5.14 Å². The fourth-order valence-corrected chi connectivity index (χ4v) is 2.19. The first-order valence-corrected chi connectivity index (χ1v) is 7.53. The standard InChI is InChI=1S/C13H16N4O2S/c1-10-5-6-15-8-11(10)9-16-12-3-2-4-13(7-12)17-20(14,18)19/h2-8,16-17H,9H2,1H3,(H2,14,18,19). The molecule has 0 amide bonds. The summed E-state index contributed by atoms with van der Waals surface area (Å²) in [5.41, 5.74) is 3.44. The van der Waals surface area contributed by atoms with E-state index in [0.717, 1.165) is 16.8 Å². The van der Waals surface area contributed by atoms with Crippen LogP contribution in [0.2, 0.25) is 0 Å². The van der Waals surface area contributed by atoms with Crippen LogP contribution in [-0.2, 0) is 16.8 Å². The zero-order chi connectivity index (χ0) is 14.6. The number of benzene rings is 1. The van der Waals surface area contributed by atoms with Crippen LogP contribution in [0.3, 0.4) is 0 Å². The predicted molar refractivity (Wildman–Crippen MR) is 79.5 cm³/mol. The van der Waals surface area contributed by atoms with Gasteiger partial charge in [0.25, 0.3) is 10.2 Å². The van der Waals surface area contributed by atoms with Gasteiger partial charge in [-0.25, -0.2) is 5.14 Å². The molecule has 0 unspecified atom stereocenters. The highest BCUT2D eigenvalue weighted by Crippen LogP contribution is 2.17. The molecule has 0 radical (unpaired) electrons. The number of aryl methyl sites for hydroxylation is 1. The molecular formula is C13H16N4O2S. The van der Waals surface area contributed by atoms with Gasteiger partial charge in [0.15, 0.2) is 0 Å². The van der Waals surface area contributed by atoms with E-state index in [4.69, 9.17) is 5.14 Å². The van der Waals surface area contributed by atoms with Gasteiger partial charge in [-0.05, 0) is 42.3 Å². The summed E-state index contributed by atoms with van der Waals surface area (Å²) >= 11 is 0. The van der Waals surface area contributed by atoms with Gasteiger partial charge in [0.1, 0.15) is 0 Å². The maximum absolute atomic E-state index is 11.0. The molecule has 4 N–H and O–H groups in total. The lowest BCUT2D eigenvalue weighted by Gasteiger charge is -2.10. The second-order valence-corrected chi connectivity index (χ2v) is 5.68. The van der Waals surface area contributed by atoms with E-state index in [1.54, 1.807) is 30.6 Å². The Labute approximate surface area is 118 Å². The molecule has 1 aromatic carbocycles. The molecule has 0 fully saturated rings. The number of nitrogens with zero attached hydrogens (tertiary/aromatic N) is 1. The van der Waals surface area contributed by atoms with Gasteiger partial charge in [0.2, 0.25) is 0 Å². The molecule has 0 spiro atoms. The van der Waals surface area contributed by atoms with E-state index in [-0.39, 0.29) is 0 Å². The third-order valence-electron chi connectivity index (χ3n) is 2.75. The molecule has 0 saturated carbocycles. The molecule has 1 heterocycles. The maximum atomic E-state index is 11.0. The summed E-state index contributed by atoms with van der Waals surface area (Å²) in [7, 11) is -3.76. The number of pyridine rings is 1. The van der Waals surface area contributed by atoms with Crippen molar-refractivity contribution < 1.29 is 8.42 Å². The molecule has 7 heteroatoms. The van der Waals surface area contributed by atoms with E-state index in [2.05, 4.69) is 15.0 Å². The minimum Gasteiger partial charge on any atom is -0.381 e. The molecule has 106 valence electrons. The van der Waals surface area contributed by atoms with Gasteiger partial charge in [-0.2, -0.15) is 8.42 Å². The van der Waals surface area contributed by atoms with Crippen LogP contribution in [0.15, 0.2) is 42.7 Å². The van der Waals surface area contributed by atoms with Gasteiger partial charge in [-0.15, -0.1) is 0 Å². The Morgan fingerprint density at radius 3 is 2.70 bits per heavy atom. The summed E-state index contributed by atoms with van der Waals surface area (Å²) in [6.07, 6.45) is 3.55. The molecule has 0 aliphatic carbocycles. The molecule has 0 aliphatic heterocycles. The normalized spacial score (nSPS) is 11.1. The Bertz CT molecular complexity index is 701. The number of rotatable bonds is 5. The maximum Gasteiger partial charge on any atom is 0.296 e. The summed E-state index contributed by atoms with van der Waals surface area (Å²) in [4.78, 5) is 4.08. The second-order valence-electron chi connectivity index (χ2n) is 4.38. The monoisotopic (exact) mass is 292 g/mol. The highest BCUT2D eigenvalue weighted by atomic mass is 32.2. The van der Waals surface area contributed by atoms with Crippen LogP contribution in [0.4, 0.5) is 11.4 Å². The molecule has 1 aromatic heterocycles. The first kappa shape index (κ1) is 14.3. The van der Waals surface area contributed by atoms with Crippen LogP contribution >= 0.6 is 0 Å². The van der Waals surface area contributed by atoms with E-state index in [1.165, 1.54) is 0 Å². The molecule has 0 aliphatic rings. The minimum atomic E-state index is -3.76. The van der Waals surface area contributed by atoms with Gasteiger partial charge in [-0.1, -0.05) is 6.07 Å². The van der Waals surface area contributed by atoms with E-state index in [1.807, 2.05) is 19.1 Å². The summed E-state index contributed by atoms with van der Waals surface area (Å²) < 4.78 is 24.2. The minimum absolute atomic E-state index is 0.417. The van der Waals surface area contributed by atoms with Crippen LogP contribution in [-0.4, -0.2) is 13.4 Å². The third-order valence-corrected chi connectivity index (χ3v) is 3.27. The van der Waals surface area contributed by atoms with Crippen molar-refractivity contribution in [3.05, 3.63) is 53.9 Å². The van der Waals surface area contributed by atoms with E-state index >= 15 is 0 Å². The van der Waals surface area contributed by atoms with Crippen LogP contribution in [0, 0.1) is 6.92 Å². The average molecular weight is 292 g/mol. The highest BCUT2D eigenvalue weighted by molar-refractivity contribution is 7.90. The average Bonchev–Trinajstić information content (AvgIpc) is 2.36. The Morgan fingerprint density at radius 1 is 1.25 bits per heavy atom. The topological polar surface area (TPSA) is 97.1 Å². The van der Waals surface area contributed by atoms with Crippen LogP contribution in [0.1, 0.15) is 11.1 Å². The van der Waals surface area contributed by atoms with Crippen molar-refractivity contribution in [3.63, 3.8) is 0 Å². The summed E-state index contributed by atoms with van der Waals surface area (Å²) in [6.45, 7) is 2.62. The summed E-state index contributed by atoms with van der Waals surface area (Å²) in [5.74, 6) is 0. The molecule has 20 heavy (non-hydrogen) atoms. The number of nitrogens with one attached hydrogen (secondary N) is 2. The quantitative estimate of drug-likeness (QED) is 0.780. The van der Waals surface area contributed by atoms with E-state index in [9.17, 15) is 8.42 Å². The highest BCUT2D eigenvalue weighted by Gasteiger charge is 2.03. The molecule has 6 nitrogen and oxygen atoms in total. The Kier molecular flexibility index (Phi) is 4.21. The Hall–Kier alpha value is -2.12. The van der Waals surface area contributed by atoms with Gasteiger partial charge in [0, 0.05) is 24.6 Å². The van der Waals surface area contributed by atoms with Crippen LogP contribution in [0.25, 0.3) is 0 Å². The number of hydrogen-bond acceptors (Lipinski definition) is 4. The van der Waals surface area contributed by atoms with Crippen molar-refractivity contribution in [1.29, 1.82) is 0 Å². The zero-order valence-corrected chi connectivity index (χ0v) is 11.8. The molecular weight excluding hydrogens is 276 g/mol. The van der Waals surface area contributed by atoms with Gasteiger partial charge < -0.3 is 5.32 Å². The van der Waals surface area contributed by atoms with Crippen LogP contribution in [0.5, 0.6) is 0 Å². The van der Waals surface area contributed by atoms with Gasteiger partial charge in [0.05, 0.1) is 5.69 Å². The van der Waals surface area contributed by atoms with Crippen molar-refractivity contribution >= 4 is 21.6 Å². The third kappa shape index (κ3) is 4.22. The summed E-state index contributed by atoms with van der Waals surface area (Å²) in [6, 6.07) is 8.84. The van der Waals surface area contributed by atoms with Gasteiger partial charge >= 0.3 is 0 Å². The van der Waals surface area contributed by atoms with E-state index in [0.29, 0.717) is 12.2 Å². The number of nitrogens with two attached hydrogens (primary N) is 1. The van der Waals surface area contributed by atoms with Crippen molar-refractivity contribution in [2.75, 3.05) is 10.0 Å². The number of aromatic nitrogens is 1. The van der Waals surface area contributed by atoms with Crippen LogP contribution < -0.4 is 15.2 Å². The molecule has 2 rings (SSSR count). The summed E-state index contributed by atoms with van der Waals surface area (Å²) in [5, 5.41) is 8.15.